The molecule has 3 nitrogen and oxygen atoms in total. The first kappa shape index (κ1) is 14.4. The van der Waals surface area contributed by atoms with Gasteiger partial charge in [-0.15, -0.1) is 0 Å². The van der Waals surface area contributed by atoms with Gasteiger partial charge in [0.15, 0.2) is 0 Å². The molecule has 3 heteroatoms. The van der Waals surface area contributed by atoms with Crippen molar-refractivity contribution in [3.05, 3.63) is 42.0 Å². The van der Waals surface area contributed by atoms with Gasteiger partial charge in [-0.3, -0.25) is 4.79 Å². The Morgan fingerprint density at radius 1 is 1.20 bits per heavy atom. The third-order valence-corrected chi connectivity index (χ3v) is 3.62. The maximum Gasteiger partial charge on any atom is 0.310 e. The molecule has 1 N–H and O–H groups in total. The number of fused-ring (bicyclic) bond motifs is 1. The molecule has 0 heterocycles. The van der Waals surface area contributed by atoms with Crippen molar-refractivity contribution in [2.24, 2.45) is 0 Å². The summed E-state index contributed by atoms with van der Waals surface area (Å²) in [7, 11) is 1.64. The van der Waals surface area contributed by atoms with Crippen LogP contribution in [-0.2, 0) is 4.79 Å². The highest BCUT2D eigenvalue weighted by Gasteiger charge is 2.19. The maximum atomic E-state index is 11.4. The molecule has 2 aromatic rings. The number of hydrogen-bond donors (Lipinski definition) is 1. The Hall–Kier alpha value is -2.03. The molecule has 0 saturated carbocycles. The van der Waals surface area contributed by atoms with E-state index in [1.54, 1.807) is 7.11 Å². The summed E-state index contributed by atoms with van der Waals surface area (Å²) in [6.07, 6.45) is 2.62. The Morgan fingerprint density at radius 3 is 2.55 bits per heavy atom. The number of carboxylic acids is 1. The van der Waals surface area contributed by atoms with E-state index in [0.717, 1.165) is 34.9 Å². The van der Waals surface area contributed by atoms with E-state index in [4.69, 9.17) is 4.74 Å². The predicted molar refractivity (Wildman–Crippen MR) is 80.4 cm³/mol. The molecule has 0 radical (unpaired) electrons. The number of benzene rings is 2. The van der Waals surface area contributed by atoms with Crippen LogP contribution in [0.2, 0.25) is 0 Å². The second-order valence-electron chi connectivity index (χ2n) is 5.01. The molecule has 1 atom stereocenters. The van der Waals surface area contributed by atoms with Crippen molar-refractivity contribution in [3.63, 3.8) is 0 Å². The lowest BCUT2D eigenvalue weighted by molar-refractivity contribution is -0.139. The summed E-state index contributed by atoms with van der Waals surface area (Å²) in [5, 5.41) is 11.5. The lowest BCUT2D eigenvalue weighted by Crippen LogP contribution is -2.11. The van der Waals surface area contributed by atoms with Crippen LogP contribution in [-0.4, -0.2) is 18.2 Å². The molecule has 0 aromatic heterocycles. The summed E-state index contributed by atoms with van der Waals surface area (Å²) in [6, 6.07) is 11.7. The molecule has 0 bridgehead atoms. The van der Waals surface area contributed by atoms with Crippen LogP contribution in [0.3, 0.4) is 0 Å². The SMILES string of the molecule is CCCC[C@@H](C(=O)O)c1ccc2cc(OC)ccc2c1. The van der Waals surface area contributed by atoms with Gasteiger partial charge in [0.1, 0.15) is 5.75 Å². The summed E-state index contributed by atoms with van der Waals surface area (Å²) < 4.78 is 5.20. The largest absolute Gasteiger partial charge is 0.497 e. The normalized spacial score (nSPS) is 12.3. The zero-order valence-corrected chi connectivity index (χ0v) is 11.9. The van der Waals surface area contributed by atoms with Crippen molar-refractivity contribution in [2.75, 3.05) is 7.11 Å². The van der Waals surface area contributed by atoms with Gasteiger partial charge in [0.25, 0.3) is 0 Å². The van der Waals surface area contributed by atoms with E-state index in [2.05, 4.69) is 6.92 Å². The average Bonchev–Trinajstić information content (AvgIpc) is 2.46. The third kappa shape index (κ3) is 3.10. The van der Waals surface area contributed by atoms with Crippen molar-refractivity contribution in [2.45, 2.75) is 32.1 Å². The third-order valence-electron chi connectivity index (χ3n) is 3.62. The number of carbonyl (C=O) groups is 1. The smallest absolute Gasteiger partial charge is 0.310 e. The number of carboxylic acid groups (broad SMARTS) is 1. The maximum absolute atomic E-state index is 11.4. The predicted octanol–water partition coefficient (Wildman–Crippen LogP) is 4.21. The van der Waals surface area contributed by atoms with Crippen LogP contribution in [0.4, 0.5) is 0 Å². The van der Waals surface area contributed by atoms with Gasteiger partial charge < -0.3 is 9.84 Å². The van der Waals surface area contributed by atoms with Crippen LogP contribution >= 0.6 is 0 Å². The quantitative estimate of drug-likeness (QED) is 0.857. The summed E-state index contributed by atoms with van der Waals surface area (Å²) in [5.74, 6) is -0.348. The van der Waals surface area contributed by atoms with Crippen LogP contribution in [0.5, 0.6) is 5.75 Å². The summed E-state index contributed by atoms with van der Waals surface area (Å²) in [5.41, 5.74) is 0.878. The molecule has 106 valence electrons. The standard InChI is InChI=1S/C17H20O3/c1-3-4-5-16(17(18)19)14-7-6-13-11-15(20-2)9-8-12(13)10-14/h6-11,16H,3-5H2,1-2H3,(H,18,19)/t16-/m1/s1. The minimum absolute atomic E-state index is 0.415. The van der Waals surface area contributed by atoms with Crippen molar-refractivity contribution < 1.29 is 14.6 Å². The fourth-order valence-electron chi connectivity index (χ4n) is 2.43. The zero-order valence-electron chi connectivity index (χ0n) is 11.9. The van der Waals surface area contributed by atoms with Gasteiger partial charge in [-0.25, -0.2) is 0 Å². The van der Waals surface area contributed by atoms with Crippen molar-refractivity contribution >= 4 is 16.7 Å². The molecule has 20 heavy (non-hydrogen) atoms. The average molecular weight is 272 g/mol. The van der Waals surface area contributed by atoms with Crippen molar-refractivity contribution in [1.82, 2.24) is 0 Å². The van der Waals surface area contributed by atoms with Crippen LogP contribution in [0, 0.1) is 0 Å². The molecule has 2 rings (SSSR count). The van der Waals surface area contributed by atoms with Crippen molar-refractivity contribution in [3.8, 4) is 5.75 Å². The Labute approximate surface area is 119 Å². The van der Waals surface area contributed by atoms with Gasteiger partial charge in [0, 0.05) is 0 Å². The van der Waals surface area contributed by atoms with Crippen LogP contribution < -0.4 is 4.74 Å². The van der Waals surface area contributed by atoms with Gasteiger partial charge >= 0.3 is 5.97 Å². The van der Waals surface area contributed by atoms with Crippen LogP contribution in [0.25, 0.3) is 10.8 Å². The van der Waals surface area contributed by atoms with Crippen molar-refractivity contribution in [1.29, 1.82) is 0 Å². The summed E-state index contributed by atoms with van der Waals surface area (Å²) in [6.45, 7) is 2.07. The van der Waals surface area contributed by atoms with E-state index in [1.165, 1.54) is 0 Å². The first-order chi connectivity index (χ1) is 9.65. The summed E-state index contributed by atoms with van der Waals surface area (Å²) in [4.78, 5) is 11.4. The molecule has 0 aliphatic rings. The minimum atomic E-state index is -0.744. The van der Waals surface area contributed by atoms with Gasteiger partial charge in [0.2, 0.25) is 0 Å². The lowest BCUT2D eigenvalue weighted by atomic mass is 9.92. The molecule has 0 amide bonds. The summed E-state index contributed by atoms with van der Waals surface area (Å²) >= 11 is 0. The number of aliphatic carboxylic acids is 1. The Balaban J connectivity index is 2.36. The molecule has 0 aliphatic carbocycles. The Kier molecular flexibility index (Phi) is 4.61. The first-order valence-corrected chi connectivity index (χ1v) is 6.96. The van der Waals surface area contributed by atoms with Gasteiger partial charge in [-0.1, -0.05) is 44.0 Å². The number of hydrogen-bond acceptors (Lipinski definition) is 2. The molecule has 0 unspecified atom stereocenters. The highest BCUT2D eigenvalue weighted by molar-refractivity contribution is 5.86. The number of rotatable bonds is 6. The minimum Gasteiger partial charge on any atom is -0.497 e. The van der Waals surface area contributed by atoms with E-state index >= 15 is 0 Å². The lowest BCUT2D eigenvalue weighted by Gasteiger charge is -2.13. The first-order valence-electron chi connectivity index (χ1n) is 6.96. The van der Waals surface area contributed by atoms with Gasteiger partial charge in [0.05, 0.1) is 13.0 Å². The fourth-order valence-corrected chi connectivity index (χ4v) is 2.43. The molecule has 2 aromatic carbocycles. The molecular formula is C17H20O3. The molecule has 0 saturated heterocycles. The number of ether oxygens (including phenoxy) is 1. The van der Waals surface area contributed by atoms with Crippen LogP contribution in [0.1, 0.15) is 37.7 Å². The molecular weight excluding hydrogens is 252 g/mol. The van der Waals surface area contributed by atoms with Gasteiger partial charge in [-0.05, 0) is 34.9 Å². The Bertz CT molecular complexity index is 604. The zero-order chi connectivity index (χ0) is 14.5. The van der Waals surface area contributed by atoms with E-state index < -0.39 is 11.9 Å². The van der Waals surface area contributed by atoms with E-state index in [1.807, 2.05) is 36.4 Å². The molecule has 0 fully saturated rings. The molecule has 0 aliphatic heterocycles. The Morgan fingerprint density at radius 2 is 1.90 bits per heavy atom. The fraction of sp³-hybridized carbons (Fsp3) is 0.353. The highest BCUT2D eigenvalue weighted by atomic mass is 16.5. The van der Waals surface area contributed by atoms with E-state index in [0.29, 0.717) is 6.42 Å². The van der Waals surface area contributed by atoms with Gasteiger partial charge in [-0.2, -0.15) is 0 Å². The van der Waals surface area contributed by atoms with E-state index in [-0.39, 0.29) is 0 Å². The second-order valence-corrected chi connectivity index (χ2v) is 5.01. The number of methoxy groups -OCH3 is 1. The monoisotopic (exact) mass is 272 g/mol. The topological polar surface area (TPSA) is 46.5 Å². The second kappa shape index (κ2) is 6.42. The van der Waals surface area contributed by atoms with Crippen LogP contribution in [0.15, 0.2) is 36.4 Å². The molecule has 0 spiro atoms. The number of unbranched alkanes of at least 4 members (excludes halogenated alkanes) is 1. The highest BCUT2D eigenvalue weighted by Crippen LogP contribution is 2.28. The van der Waals surface area contributed by atoms with E-state index in [9.17, 15) is 9.90 Å².